The second kappa shape index (κ2) is 6.48. The summed E-state index contributed by atoms with van der Waals surface area (Å²) in [6.07, 6.45) is 0.627. The lowest BCUT2D eigenvalue weighted by Gasteiger charge is -1.91. The van der Waals surface area contributed by atoms with Crippen molar-refractivity contribution in [3.05, 3.63) is 53.6 Å². The number of nitrogens with two attached hydrogens (primary N) is 1. The minimum absolute atomic E-state index is 0. The number of benzene rings is 2. The van der Waals surface area contributed by atoms with Crippen LogP contribution in [-0.2, 0) is 6.42 Å². The van der Waals surface area contributed by atoms with E-state index >= 15 is 0 Å². The van der Waals surface area contributed by atoms with Crippen LogP contribution < -0.4 is 5.73 Å². The maximum absolute atomic E-state index is 5.94. The van der Waals surface area contributed by atoms with E-state index in [4.69, 9.17) is 5.73 Å². The number of aromatic nitrogens is 4. The fourth-order valence-corrected chi connectivity index (χ4v) is 2.66. The second-order valence-corrected chi connectivity index (χ2v) is 5.26. The molecule has 0 radical (unpaired) electrons. The summed E-state index contributed by atoms with van der Waals surface area (Å²) in [5.41, 5.74) is 11.6. The van der Waals surface area contributed by atoms with Gasteiger partial charge in [0.05, 0.1) is 28.7 Å². The number of nitrogens with one attached hydrogen (secondary N) is 2. The number of aromatic amines is 2. The van der Waals surface area contributed by atoms with Crippen LogP contribution in [0, 0.1) is 6.92 Å². The van der Waals surface area contributed by atoms with Crippen LogP contribution in [-0.4, -0.2) is 19.9 Å². The lowest BCUT2D eigenvalue weighted by molar-refractivity contribution is 0.960. The minimum Gasteiger partial charge on any atom is -0.397 e. The van der Waals surface area contributed by atoms with Gasteiger partial charge in [-0.2, -0.15) is 0 Å². The largest absolute Gasteiger partial charge is 0.397 e. The van der Waals surface area contributed by atoms with Crippen LogP contribution in [0.15, 0.2) is 36.4 Å². The molecule has 2 aromatic heterocycles. The number of rotatable bonds is 2. The summed E-state index contributed by atoms with van der Waals surface area (Å²) in [7, 11) is 0. The highest BCUT2D eigenvalue weighted by atomic mass is 35.5. The zero-order valence-corrected chi connectivity index (χ0v) is 14.1. The molecule has 0 saturated heterocycles. The molecule has 2 heterocycles. The maximum Gasteiger partial charge on any atom is 0.114 e. The van der Waals surface area contributed by atoms with Gasteiger partial charge in [-0.3, -0.25) is 0 Å². The van der Waals surface area contributed by atoms with Gasteiger partial charge in [0, 0.05) is 0 Å². The van der Waals surface area contributed by atoms with Gasteiger partial charge in [0.2, 0.25) is 0 Å². The van der Waals surface area contributed by atoms with Gasteiger partial charge in [-0.05, 0) is 30.7 Å². The first-order valence-corrected chi connectivity index (χ1v) is 6.88. The molecule has 0 fully saturated rings. The Morgan fingerprint density at radius 1 is 0.870 bits per heavy atom. The average Bonchev–Trinajstić information content (AvgIpc) is 3.04. The quantitative estimate of drug-likeness (QED) is 0.481. The average molecular weight is 350 g/mol. The SMILES string of the molecule is Cc1cccc2[nH]c(Cc3nc4c(N)cccc4[nH]3)nc12.Cl.Cl. The molecule has 0 aliphatic carbocycles. The Kier molecular flexibility index (Phi) is 4.82. The topological polar surface area (TPSA) is 83.4 Å². The fraction of sp³-hybridized carbons (Fsp3) is 0.125. The number of halogens is 2. The predicted molar refractivity (Wildman–Crippen MR) is 98.6 cm³/mol. The lowest BCUT2D eigenvalue weighted by Crippen LogP contribution is -1.93. The normalized spacial score (nSPS) is 10.5. The standard InChI is InChI=1S/C16H15N5.2ClH/c1-9-4-2-6-11-15(9)20-13(18-11)8-14-19-12-7-3-5-10(17)16(12)21-14;;/h2-7H,8,17H2,1H3,(H,18,20)(H,19,21);2*1H. The molecule has 0 aliphatic rings. The number of anilines is 1. The minimum atomic E-state index is 0. The van der Waals surface area contributed by atoms with Crippen molar-refractivity contribution in [2.75, 3.05) is 5.73 Å². The van der Waals surface area contributed by atoms with E-state index in [2.05, 4.69) is 32.9 Å². The summed E-state index contributed by atoms with van der Waals surface area (Å²) in [5.74, 6) is 1.76. The van der Waals surface area contributed by atoms with Crippen molar-refractivity contribution in [1.29, 1.82) is 0 Å². The van der Waals surface area contributed by atoms with E-state index in [1.807, 2.05) is 30.3 Å². The highest BCUT2D eigenvalue weighted by Gasteiger charge is 2.09. The molecule has 0 saturated carbocycles. The van der Waals surface area contributed by atoms with Gasteiger partial charge in [0.15, 0.2) is 0 Å². The van der Waals surface area contributed by atoms with Crippen LogP contribution in [0.5, 0.6) is 0 Å². The number of aryl methyl sites for hydroxylation is 1. The number of hydrogen-bond donors (Lipinski definition) is 3. The zero-order valence-electron chi connectivity index (χ0n) is 12.5. The molecule has 120 valence electrons. The molecular weight excluding hydrogens is 333 g/mol. The first kappa shape index (κ1) is 17.1. The number of para-hydroxylation sites is 2. The molecule has 4 aromatic rings. The zero-order chi connectivity index (χ0) is 14.4. The predicted octanol–water partition coefficient (Wildman–Crippen LogP) is 3.76. The van der Waals surface area contributed by atoms with E-state index in [-0.39, 0.29) is 24.8 Å². The van der Waals surface area contributed by atoms with E-state index in [1.165, 1.54) is 5.56 Å². The molecular formula is C16H17Cl2N5. The van der Waals surface area contributed by atoms with Crippen LogP contribution in [0.4, 0.5) is 5.69 Å². The van der Waals surface area contributed by atoms with Crippen molar-refractivity contribution in [2.45, 2.75) is 13.3 Å². The van der Waals surface area contributed by atoms with Crippen LogP contribution in [0.1, 0.15) is 17.2 Å². The van der Waals surface area contributed by atoms with E-state index < -0.39 is 0 Å². The number of imidazole rings is 2. The van der Waals surface area contributed by atoms with E-state index in [9.17, 15) is 0 Å². The Bertz CT molecular complexity index is 880. The Morgan fingerprint density at radius 2 is 1.43 bits per heavy atom. The molecule has 4 rings (SSSR count). The first-order chi connectivity index (χ1) is 10.2. The number of nitrogen functional groups attached to an aromatic ring is 1. The van der Waals surface area contributed by atoms with Crippen molar-refractivity contribution in [2.24, 2.45) is 0 Å². The smallest absolute Gasteiger partial charge is 0.114 e. The lowest BCUT2D eigenvalue weighted by atomic mass is 10.2. The highest BCUT2D eigenvalue weighted by molar-refractivity contribution is 5.87. The monoisotopic (exact) mass is 349 g/mol. The highest BCUT2D eigenvalue weighted by Crippen LogP contribution is 2.20. The molecule has 0 bridgehead atoms. The first-order valence-electron chi connectivity index (χ1n) is 6.88. The van der Waals surface area contributed by atoms with Gasteiger partial charge in [-0.25, -0.2) is 9.97 Å². The fourth-order valence-electron chi connectivity index (χ4n) is 2.66. The molecule has 0 aliphatic heterocycles. The summed E-state index contributed by atoms with van der Waals surface area (Å²) in [6, 6.07) is 11.9. The van der Waals surface area contributed by atoms with Crippen molar-refractivity contribution in [3.8, 4) is 0 Å². The van der Waals surface area contributed by atoms with Gasteiger partial charge in [0.1, 0.15) is 17.2 Å². The molecule has 0 atom stereocenters. The number of nitrogens with zero attached hydrogens (tertiary/aromatic N) is 2. The number of fused-ring (bicyclic) bond motifs is 2. The van der Waals surface area contributed by atoms with Gasteiger partial charge >= 0.3 is 0 Å². The molecule has 23 heavy (non-hydrogen) atoms. The van der Waals surface area contributed by atoms with Crippen molar-refractivity contribution in [3.63, 3.8) is 0 Å². The van der Waals surface area contributed by atoms with Crippen LogP contribution in [0.25, 0.3) is 22.1 Å². The third-order valence-electron chi connectivity index (χ3n) is 3.69. The summed E-state index contributed by atoms with van der Waals surface area (Å²) >= 11 is 0. The summed E-state index contributed by atoms with van der Waals surface area (Å²) < 4.78 is 0. The molecule has 2 aromatic carbocycles. The van der Waals surface area contributed by atoms with Crippen molar-refractivity contribution in [1.82, 2.24) is 19.9 Å². The molecule has 0 spiro atoms. The maximum atomic E-state index is 5.94. The summed E-state index contributed by atoms with van der Waals surface area (Å²) in [5, 5.41) is 0. The Labute approximate surface area is 145 Å². The Morgan fingerprint density at radius 3 is 2.04 bits per heavy atom. The van der Waals surface area contributed by atoms with Crippen molar-refractivity contribution >= 4 is 52.6 Å². The number of H-pyrrole nitrogens is 2. The summed E-state index contributed by atoms with van der Waals surface area (Å²) in [4.78, 5) is 15.8. The molecule has 0 amide bonds. The Balaban J connectivity index is 0.000000960. The molecule has 4 N–H and O–H groups in total. The van der Waals surface area contributed by atoms with Gasteiger partial charge < -0.3 is 15.7 Å². The van der Waals surface area contributed by atoms with E-state index in [0.29, 0.717) is 12.1 Å². The van der Waals surface area contributed by atoms with E-state index in [0.717, 1.165) is 33.7 Å². The van der Waals surface area contributed by atoms with Gasteiger partial charge in [-0.15, -0.1) is 24.8 Å². The molecule has 7 heteroatoms. The van der Waals surface area contributed by atoms with Gasteiger partial charge in [0.25, 0.3) is 0 Å². The number of hydrogen-bond acceptors (Lipinski definition) is 3. The van der Waals surface area contributed by atoms with Gasteiger partial charge in [-0.1, -0.05) is 18.2 Å². The van der Waals surface area contributed by atoms with Crippen LogP contribution >= 0.6 is 24.8 Å². The van der Waals surface area contributed by atoms with E-state index in [1.54, 1.807) is 0 Å². The molecule has 0 unspecified atom stereocenters. The summed E-state index contributed by atoms with van der Waals surface area (Å²) in [6.45, 7) is 2.06. The van der Waals surface area contributed by atoms with Crippen LogP contribution in [0.2, 0.25) is 0 Å². The second-order valence-electron chi connectivity index (χ2n) is 5.26. The van der Waals surface area contributed by atoms with Crippen molar-refractivity contribution < 1.29 is 0 Å². The molecule has 5 nitrogen and oxygen atoms in total. The Hall–Kier alpha value is -2.24. The van der Waals surface area contributed by atoms with Crippen LogP contribution in [0.3, 0.4) is 0 Å². The third-order valence-corrected chi connectivity index (χ3v) is 3.69. The third kappa shape index (κ3) is 2.98.